The van der Waals surface area contributed by atoms with Gasteiger partial charge in [0.2, 0.25) is 5.95 Å². The van der Waals surface area contributed by atoms with Gasteiger partial charge in [-0.25, -0.2) is 4.98 Å². The molecule has 0 unspecified atom stereocenters. The lowest BCUT2D eigenvalue weighted by Gasteiger charge is -2.40. The molecule has 1 amide bonds. The van der Waals surface area contributed by atoms with Crippen molar-refractivity contribution >= 4 is 34.5 Å². The minimum absolute atomic E-state index is 0.118. The van der Waals surface area contributed by atoms with Crippen LogP contribution in [-0.4, -0.2) is 48.1 Å². The van der Waals surface area contributed by atoms with Gasteiger partial charge in [0.25, 0.3) is 5.91 Å². The molecule has 1 aliphatic rings. The molecule has 12 heteroatoms. The van der Waals surface area contributed by atoms with Crippen LogP contribution in [0.1, 0.15) is 46.1 Å². The second kappa shape index (κ2) is 11.6. The minimum Gasteiger partial charge on any atom is -0.484 e. The first-order valence-corrected chi connectivity index (χ1v) is 12.9. The zero-order valence-electron chi connectivity index (χ0n) is 22.8. The second-order valence-electron chi connectivity index (χ2n) is 10.9. The van der Waals surface area contributed by atoms with Crippen molar-refractivity contribution in [2.24, 2.45) is 11.3 Å². The van der Waals surface area contributed by atoms with Gasteiger partial charge in [0.15, 0.2) is 6.61 Å². The number of hydrogen-bond donors (Lipinski definition) is 2. The summed E-state index contributed by atoms with van der Waals surface area (Å²) in [6.45, 7) is 6.18. The molecule has 1 fully saturated rings. The van der Waals surface area contributed by atoms with Crippen LogP contribution in [0.15, 0.2) is 42.5 Å². The average molecular weight is 563 g/mol. The fourth-order valence-electron chi connectivity index (χ4n) is 5.43. The largest absolute Gasteiger partial charge is 0.573 e. The number of aromatic nitrogens is 2. The van der Waals surface area contributed by atoms with Crippen molar-refractivity contribution < 1.29 is 37.0 Å². The molecule has 3 aromatic rings. The van der Waals surface area contributed by atoms with E-state index in [2.05, 4.69) is 45.4 Å². The van der Waals surface area contributed by atoms with Crippen molar-refractivity contribution in [2.75, 3.05) is 25.6 Å². The van der Waals surface area contributed by atoms with Crippen LogP contribution in [0.2, 0.25) is 0 Å². The lowest BCUT2D eigenvalue weighted by Crippen LogP contribution is -2.33. The van der Waals surface area contributed by atoms with E-state index in [4.69, 9.17) is 9.72 Å². The number of methoxy groups -OCH3 is 1. The van der Waals surface area contributed by atoms with Gasteiger partial charge in [0, 0.05) is 17.8 Å². The Morgan fingerprint density at radius 2 is 1.80 bits per heavy atom. The van der Waals surface area contributed by atoms with Crippen LogP contribution in [0.25, 0.3) is 11.0 Å². The first-order valence-electron chi connectivity index (χ1n) is 12.9. The number of rotatable bonds is 9. The summed E-state index contributed by atoms with van der Waals surface area (Å²) < 4.78 is 54.0. The lowest BCUT2D eigenvalue weighted by molar-refractivity contribution is -0.274. The van der Waals surface area contributed by atoms with E-state index in [9.17, 15) is 22.8 Å². The summed E-state index contributed by atoms with van der Waals surface area (Å²) in [7, 11) is 1.23. The number of imidazole rings is 1. The van der Waals surface area contributed by atoms with Crippen molar-refractivity contribution in [1.82, 2.24) is 14.9 Å². The molecule has 2 N–H and O–H groups in total. The highest BCUT2D eigenvalue weighted by molar-refractivity contribution is 5.84. The third-order valence-corrected chi connectivity index (χ3v) is 6.76. The van der Waals surface area contributed by atoms with E-state index in [1.807, 2.05) is 6.07 Å². The second-order valence-corrected chi connectivity index (χ2v) is 10.9. The molecule has 0 radical (unpaired) electrons. The van der Waals surface area contributed by atoms with Crippen molar-refractivity contribution in [3.63, 3.8) is 0 Å². The van der Waals surface area contributed by atoms with E-state index in [-0.39, 0.29) is 30.4 Å². The number of amides is 1. The number of alkyl halides is 3. The van der Waals surface area contributed by atoms with Crippen LogP contribution in [-0.2, 0) is 14.3 Å². The standard InChI is InChI=1S/C28H33F3N4O5/c1-17-11-19(14-27(2,3)13-17)35-23-10-9-21(39-16-24(36)32-15-25(37)38-4)12-22(23)34-26(35)33-18-5-7-20(8-6-18)40-28(29,30)31/h5-10,12,17,19H,11,13-16H2,1-4H3,(H,32,36)(H,33,34)/t17-,19+/m1/s1. The van der Waals surface area contributed by atoms with Crippen molar-refractivity contribution in [2.45, 2.75) is 52.4 Å². The summed E-state index contributed by atoms with van der Waals surface area (Å²) in [6, 6.07) is 11.0. The number of nitrogens with one attached hydrogen (secondary N) is 2. The fourth-order valence-corrected chi connectivity index (χ4v) is 5.43. The number of benzene rings is 2. The summed E-state index contributed by atoms with van der Waals surface area (Å²) in [5, 5.41) is 5.67. The Kier molecular flexibility index (Phi) is 8.45. The maximum absolute atomic E-state index is 12.6. The number of fused-ring (bicyclic) bond motifs is 1. The summed E-state index contributed by atoms with van der Waals surface area (Å²) in [6.07, 6.45) is -1.79. The quantitative estimate of drug-likeness (QED) is 0.321. The molecule has 2 atom stereocenters. The molecule has 40 heavy (non-hydrogen) atoms. The van der Waals surface area contributed by atoms with Crippen LogP contribution >= 0.6 is 0 Å². The third kappa shape index (κ3) is 7.57. The number of anilines is 2. The average Bonchev–Trinajstić information content (AvgIpc) is 3.22. The van der Waals surface area contributed by atoms with Crippen molar-refractivity contribution in [1.29, 1.82) is 0 Å². The van der Waals surface area contributed by atoms with Crippen molar-refractivity contribution in [3.05, 3.63) is 42.5 Å². The maximum atomic E-state index is 12.6. The molecule has 0 spiro atoms. The molecule has 9 nitrogen and oxygen atoms in total. The predicted molar refractivity (Wildman–Crippen MR) is 142 cm³/mol. The van der Waals surface area contributed by atoms with Gasteiger partial charge >= 0.3 is 12.3 Å². The van der Waals surface area contributed by atoms with Crippen molar-refractivity contribution in [3.8, 4) is 11.5 Å². The topological polar surface area (TPSA) is 104 Å². The Morgan fingerprint density at radius 1 is 1.10 bits per heavy atom. The lowest BCUT2D eigenvalue weighted by atomic mass is 9.70. The number of carbonyl (C=O) groups excluding carboxylic acids is 2. The minimum atomic E-state index is -4.77. The van der Waals surface area contributed by atoms with E-state index in [1.54, 1.807) is 12.1 Å². The predicted octanol–water partition coefficient (Wildman–Crippen LogP) is 5.73. The highest BCUT2D eigenvalue weighted by atomic mass is 19.4. The fraction of sp³-hybridized carbons (Fsp3) is 0.464. The molecule has 1 heterocycles. The van der Waals surface area contributed by atoms with Gasteiger partial charge < -0.3 is 29.4 Å². The smallest absolute Gasteiger partial charge is 0.484 e. The van der Waals surface area contributed by atoms with E-state index in [0.29, 0.717) is 28.8 Å². The monoisotopic (exact) mass is 562 g/mol. The molecular weight excluding hydrogens is 529 g/mol. The Labute approximate surface area is 230 Å². The molecule has 1 aliphatic carbocycles. The molecule has 2 aromatic carbocycles. The van der Waals surface area contributed by atoms with Gasteiger partial charge in [-0.1, -0.05) is 20.8 Å². The summed E-state index contributed by atoms with van der Waals surface area (Å²) in [5.41, 5.74) is 2.15. The van der Waals surface area contributed by atoms with Crippen LogP contribution in [0.5, 0.6) is 11.5 Å². The Balaban J connectivity index is 1.60. The van der Waals surface area contributed by atoms with E-state index in [1.165, 1.54) is 31.4 Å². The van der Waals surface area contributed by atoms with E-state index < -0.39 is 18.2 Å². The summed E-state index contributed by atoms with van der Waals surface area (Å²) in [5.74, 6) is 0.0962. The molecule has 0 bridgehead atoms. The number of ether oxygens (including phenoxy) is 3. The first-order chi connectivity index (χ1) is 18.8. The van der Waals surface area contributed by atoms with Gasteiger partial charge in [-0.05, 0) is 67.0 Å². The number of carbonyl (C=O) groups is 2. The number of esters is 1. The van der Waals surface area contributed by atoms with E-state index >= 15 is 0 Å². The molecule has 0 aliphatic heterocycles. The zero-order valence-corrected chi connectivity index (χ0v) is 22.8. The molecule has 4 rings (SSSR count). The molecular formula is C28H33F3N4O5. The summed E-state index contributed by atoms with van der Waals surface area (Å²) >= 11 is 0. The van der Waals surface area contributed by atoms with Gasteiger partial charge in [-0.2, -0.15) is 0 Å². The summed E-state index contributed by atoms with van der Waals surface area (Å²) in [4.78, 5) is 28.0. The van der Waals surface area contributed by atoms with Gasteiger partial charge in [0.05, 0.1) is 18.1 Å². The number of halogens is 3. The van der Waals surface area contributed by atoms with E-state index in [0.717, 1.165) is 24.8 Å². The van der Waals surface area contributed by atoms with Crippen LogP contribution < -0.4 is 20.1 Å². The Morgan fingerprint density at radius 3 is 2.45 bits per heavy atom. The highest BCUT2D eigenvalue weighted by Crippen LogP contribution is 2.46. The molecule has 0 saturated heterocycles. The van der Waals surface area contributed by atoms with Gasteiger partial charge in [0.1, 0.15) is 18.0 Å². The third-order valence-electron chi connectivity index (χ3n) is 6.76. The normalized spacial score (nSPS) is 18.7. The Hall–Kier alpha value is -3.96. The molecule has 216 valence electrons. The molecule has 1 saturated carbocycles. The number of hydrogen-bond acceptors (Lipinski definition) is 7. The zero-order chi connectivity index (χ0) is 29.1. The van der Waals surface area contributed by atoms with Crippen LogP contribution in [0.3, 0.4) is 0 Å². The first kappa shape index (κ1) is 29.0. The van der Waals surface area contributed by atoms with Gasteiger partial charge in [-0.3, -0.25) is 9.59 Å². The SMILES string of the molecule is COC(=O)CNC(=O)COc1ccc2c(c1)nc(Nc1ccc(OC(F)(F)F)cc1)n2[C@H]1C[C@@H](C)CC(C)(C)C1. The van der Waals surface area contributed by atoms with Gasteiger partial charge in [-0.15, -0.1) is 13.2 Å². The molecule has 1 aromatic heterocycles. The van der Waals surface area contributed by atoms with Crippen LogP contribution in [0.4, 0.5) is 24.8 Å². The Bertz CT molecular complexity index is 1350. The highest BCUT2D eigenvalue weighted by Gasteiger charge is 2.35. The maximum Gasteiger partial charge on any atom is 0.573 e. The van der Waals surface area contributed by atoms with Crippen LogP contribution in [0, 0.1) is 11.3 Å². The number of nitrogens with zero attached hydrogens (tertiary/aromatic N) is 2.